The van der Waals surface area contributed by atoms with Gasteiger partial charge in [0.1, 0.15) is 24.8 Å². The molecule has 4 atom stereocenters. The van der Waals surface area contributed by atoms with Gasteiger partial charge in [-0.2, -0.15) is 0 Å². The van der Waals surface area contributed by atoms with Gasteiger partial charge in [0.15, 0.2) is 0 Å². The third-order valence-electron chi connectivity index (χ3n) is 13.1. The molecule has 0 N–H and O–H groups in total. The van der Waals surface area contributed by atoms with Crippen molar-refractivity contribution in [3.05, 3.63) is 55.5 Å². The molecule has 0 saturated carbocycles. The Labute approximate surface area is 381 Å². The van der Waals surface area contributed by atoms with Crippen LogP contribution in [-0.4, -0.2) is 164 Å². The molecule has 0 aromatic heterocycles. The minimum Gasteiger partial charge on any atom is -0.496 e. The zero-order valence-corrected chi connectivity index (χ0v) is 38.6. The zero-order valence-electron chi connectivity index (χ0n) is 35.4. The van der Waals surface area contributed by atoms with E-state index in [0.29, 0.717) is 31.2 Å². The van der Waals surface area contributed by atoms with Gasteiger partial charge in [0.05, 0.1) is 66.8 Å². The Bertz CT molecular complexity index is 2330. The molecule has 0 unspecified atom stereocenters. The summed E-state index contributed by atoms with van der Waals surface area (Å²) in [6.07, 6.45) is 0. The van der Waals surface area contributed by atoms with E-state index in [9.17, 15) is 0 Å². The van der Waals surface area contributed by atoms with Crippen molar-refractivity contribution in [2.75, 3.05) is 54.0 Å². The lowest BCUT2D eigenvalue weighted by Gasteiger charge is -2.51. The third kappa shape index (κ3) is 4.68. The molecule has 8 amide bonds. The number of esters is 4. The summed E-state index contributed by atoms with van der Waals surface area (Å²) >= 11 is 7.12. The number of urea groups is 4. The van der Waals surface area contributed by atoms with E-state index in [0.717, 1.165) is 39.2 Å². The lowest BCUT2D eigenvalue weighted by molar-refractivity contribution is -0.209. The van der Waals surface area contributed by atoms with Crippen LogP contribution in [0.2, 0.25) is 0 Å². The average molecular weight is 1020 g/mol. The van der Waals surface area contributed by atoms with Crippen LogP contribution >= 0.6 is 31.9 Å². The lowest BCUT2D eigenvalue weighted by Crippen LogP contribution is -2.81. The first-order valence-corrected chi connectivity index (χ1v) is 22.0. The summed E-state index contributed by atoms with van der Waals surface area (Å²) in [7, 11) is 2.80. The van der Waals surface area contributed by atoms with Gasteiger partial charge in [0.25, 0.3) is 22.7 Å². The van der Waals surface area contributed by atoms with Gasteiger partial charge in [-0.3, -0.25) is 39.2 Å². The normalized spacial score (nSPS) is 27.0. The van der Waals surface area contributed by atoms with Crippen LogP contribution in [0.4, 0.5) is 19.2 Å². The van der Waals surface area contributed by atoms with E-state index in [1.807, 2.05) is 0 Å². The minimum absolute atomic E-state index is 0.272. The van der Waals surface area contributed by atoms with E-state index in [4.69, 9.17) is 28.4 Å². The Morgan fingerprint density at radius 3 is 0.953 bits per heavy atom. The number of benzene rings is 2. The van der Waals surface area contributed by atoms with Crippen molar-refractivity contribution in [2.24, 2.45) is 0 Å². The molecule has 7 aliphatic rings. The topological polar surface area (TPSA) is 218 Å². The van der Waals surface area contributed by atoms with Crippen LogP contribution < -0.4 is 9.47 Å². The van der Waals surface area contributed by atoms with Crippen LogP contribution in [0.15, 0.2) is 33.2 Å². The summed E-state index contributed by atoms with van der Waals surface area (Å²) in [5.74, 6) is -4.49. The molecule has 64 heavy (non-hydrogen) atoms. The number of nitrogens with zero attached hydrogens (tertiary/aromatic N) is 8. The van der Waals surface area contributed by atoms with Gasteiger partial charge in [-0.1, -0.05) is 31.9 Å². The van der Waals surface area contributed by atoms with Crippen molar-refractivity contribution in [2.45, 2.75) is 76.5 Å². The first-order valence-electron chi connectivity index (χ1n) is 20.4. The maximum Gasteiger partial charge on any atom is 0.359 e. The van der Waals surface area contributed by atoms with E-state index >= 15 is 38.4 Å². The number of hydrogen-bond acceptors (Lipinski definition) is 14. The molecule has 340 valence electrons. The molecule has 22 nitrogen and oxygen atoms in total. The SMILES string of the molecule is CCOC(=O)[C@@]12N3CN4C(=O)N5Cc6c(Br)ccc(OC)c6CN6C(=O)N(CN1C(=O)N1Cc7c(OC)ccc(Br)c7CN(C3=O)[C@@]12C(=O)OCC)[C@@]4(C(=O)OCC)[C@]56C(=O)OCC. The number of halogens is 2. The Hall–Kier alpha value is -6.04. The summed E-state index contributed by atoms with van der Waals surface area (Å²) in [6, 6.07) is 2.19. The van der Waals surface area contributed by atoms with Gasteiger partial charge in [0.2, 0.25) is 0 Å². The van der Waals surface area contributed by atoms with E-state index in [2.05, 4.69) is 31.9 Å². The number of carbonyl (C=O) groups excluding carboxylic acids is 8. The number of hydrogen-bond donors (Lipinski definition) is 0. The van der Waals surface area contributed by atoms with Gasteiger partial charge in [-0.15, -0.1) is 0 Å². The van der Waals surface area contributed by atoms with Crippen LogP contribution in [0.1, 0.15) is 49.9 Å². The molecule has 5 saturated heterocycles. The first kappa shape index (κ1) is 43.2. The summed E-state index contributed by atoms with van der Waals surface area (Å²) in [5.41, 5.74) is -9.73. The second kappa shape index (κ2) is 14.8. The molecule has 9 rings (SSSR count). The smallest absolute Gasteiger partial charge is 0.359 e. The number of fused-ring (bicyclic) bond motifs is 2. The van der Waals surface area contributed by atoms with E-state index in [-0.39, 0.29) is 37.9 Å². The van der Waals surface area contributed by atoms with Gasteiger partial charge in [0, 0.05) is 20.1 Å². The lowest BCUT2D eigenvalue weighted by atomic mass is 9.88. The molecule has 0 spiro atoms. The fourth-order valence-corrected chi connectivity index (χ4v) is 11.8. The monoisotopic (exact) mass is 1020 g/mol. The Morgan fingerprint density at radius 1 is 0.453 bits per heavy atom. The number of ether oxygens (including phenoxy) is 6. The predicted octanol–water partition coefficient (Wildman–Crippen LogP) is 2.87. The van der Waals surface area contributed by atoms with Crippen LogP contribution in [0, 0.1) is 0 Å². The number of methoxy groups -OCH3 is 2. The molecule has 2 aromatic rings. The van der Waals surface area contributed by atoms with Gasteiger partial charge in [-0.25, -0.2) is 38.4 Å². The van der Waals surface area contributed by atoms with Crippen molar-refractivity contribution < 1.29 is 66.8 Å². The molecule has 0 radical (unpaired) electrons. The molecule has 0 bridgehead atoms. The highest BCUT2D eigenvalue weighted by Gasteiger charge is 2.93. The third-order valence-corrected chi connectivity index (χ3v) is 14.6. The first-order chi connectivity index (χ1) is 30.6. The zero-order chi connectivity index (χ0) is 46.0. The number of carbonyl (C=O) groups is 8. The van der Waals surface area contributed by atoms with E-state index in [1.165, 1.54) is 41.9 Å². The Morgan fingerprint density at radius 2 is 0.703 bits per heavy atom. The highest BCUT2D eigenvalue weighted by Crippen LogP contribution is 2.62. The van der Waals surface area contributed by atoms with E-state index < -0.39 is 110 Å². The van der Waals surface area contributed by atoms with Crippen LogP contribution in [0.25, 0.3) is 0 Å². The Kier molecular flexibility index (Phi) is 9.96. The second-order valence-corrected chi connectivity index (χ2v) is 17.2. The van der Waals surface area contributed by atoms with Gasteiger partial charge >= 0.3 is 48.0 Å². The molecule has 2 aromatic carbocycles. The van der Waals surface area contributed by atoms with Gasteiger partial charge < -0.3 is 28.4 Å². The highest BCUT2D eigenvalue weighted by atomic mass is 79.9. The average Bonchev–Trinajstić information content (AvgIpc) is 3.63. The molecule has 0 aliphatic carbocycles. The van der Waals surface area contributed by atoms with Crippen molar-refractivity contribution in [3.8, 4) is 11.5 Å². The summed E-state index contributed by atoms with van der Waals surface area (Å²) < 4.78 is 35.3. The number of rotatable bonds is 10. The summed E-state index contributed by atoms with van der Waals surface area (Å²) in [6.45, 7) is 0.664. The summed E-state index contributed by atoms with van der Waals surface area (Å²) in [4.78, 5) is 131. The van der Waals surface area contributed by atoms with E-state index in [1.54, 1.807) is 24.3 Å². The fourth-order valence-electron chi connectivity index (χ4n) is 10.8. The largest absolute Gasteiger partial charge is 0.496 e. The van der Waals surface area contributed by atoms with Crippen molar-refractivity contribution >= 4 is 79.9 Å². The number of amides is 8. The Balaban J connectivity index is 1.39. The highest BCUT2D eigenvalue weighted by molar-refractivity contribution is 9.10. The van der Waals surface area contributed by atoms with Crippen LogP contribution in [0.3, 0.4) is 0 Å². The van der Waals surface area contributed by atoms with Crippen LogP contribution in [-0.2, 0) is 64.3 Å². The van der Waals surface area contributed by atoms with Crippen LogP contribution in [0.5, 0.6) is 11.5 Å². The second-order valence-electron chi connectivity index (χ2n) is 15.5. The quantitative estimate of drug-likeness (QED) is 0.247. The molecular weight excluding hydrogens is 976 g/mol. The molecule has 7 heterocycles. The van der Waals surface area contributed by atoms with Crippen molar-refractivity contribution in [1.82, 2.24) is 39.2 Å². The summed E-state index contributed by atoms with van der Waals surface area (Å²) in [5, 5.41) is 0. The van der Waals surface area contributed by atoms with Crippen molar-refractivity contribution in [1.29, 1.82) is 0 Å². The van der Waals surface area contributed by atoms with Gasteiger partial charge in [-0.05, 0) is 63.1 Å². The molecule has 24 heteroatoms. The minimum atomic E-state index is -2.89. The predicted molar refractivity (Wildman–Crippen MR) is 220 cm³/mol. The maximum atomic E-state index is 15.8. The molecule has 7 aliphatic heterocycles. The standard InChI is InChI=1S/C40H42Br2N8O14/c1-7-61-29(51)37-39(31(53)63-9-3)47-19-48-34(56)44-16-22-24(28(60-6)14-12-26(22)42)18-46-36(58)50(40(48,32(54)64-10-4)38(44,46)30(52)62-8-2)20-49(39)35(57)45(37)17-23-21(15-43(37)33(47)55)25(41)11-13-27(23)59-5/h11-14H,7-10,15-20H2,1-6H3/t37-,38+,39+,40-. The molecule has 5 fully saturated rings. The van der Waals surface area contributed by atoms with Crippen molar-refractivity contribution in [3.63, 3.8) is 0 Å². The maximum absolute atomic E-state index is 15.8. The molecular formula is C40H42Br2N8O14. The fraction of sp³-hybridized carbons (Fsp3) is 0.500.